The van der Waals surface area contributed by atoms with Gasteiger partial charge in [-0.1, -0.05) is 25.3 Å². The van der Waals surface area contributed by atoms with Crippen molar-refractivity contribution in [3.8, 4) is 5.75 Å². The molecule has 0 radical (unpaired) electrons. The molecule has 1 aliphatic carbocycles. The van der Waals surface area contributed by atoms with Crippen LogP contribution >= 0.6 is 0 Å². The minimum Gasteiger partial charge on any atom is -0.494 e. The second-order valence-electron chi connectivity index (χ2n) is 7.37. The van der Waals surface area contributed by atoms with Gasteiger partial charge in [-0.25, -0.2) is 0 Å². The molecule has 2 amide bonds. The fraction of sp³-hybridized carbons (Fsp3) is 0.619. The quantitative estimate of drug-likeness (QED) is 0.878. The molecule has 2 aliphatic rings. The summed E-state index contributed by atoms with van der Waals surface area (Å²) in [6.45, 7) is 3.89. The molecular formula is C21H30N2O3. The molecule has 26 heavy (non-hydrogen) atoms. The fourth-order valence-electron chi connectivity index (χ4n) is 3.98. The Kier molecular flexibility index (Phi) is 6.53. The molecule has 1 aromatic carbocycles. The topological polar surface area (TPSA) is 58.6 Å². The number of nitrogens with one attached hydrogen (secondary N) is 1. The number of piperidine rings is 1. The molecule has 5 heteroatoms. The van der Waals surface area contributed by atoms with Crippen LogP contribution in [-0.4, -0.2) is 42.5 Å². The molecule has 5 nitrogen and oxygen atoms in total. The zero-order chi connectivity index (χ0) is 18.4. The Labute approximate surface area is 156 Å². The lowest BCUT2D eigenvalue weighted by molar-refractivity contribution is -0.126. The van der Waals surface area contributed by atoms with Crippen molar-refractivity contribution < 1.29 is 14.3 Å². The second kappa shape index (κ2) is 9.06. The van der Waals surface area contributed by atoms with Crippen LogP contribution in [0.15, 0.2) is 24.3 Å². The lowest BCUT2D eigenvalue weighted by atomic mass is 9.88. The molecule has 1 saturated heterocycles. The van der Waals surface area contributed by atoms with Gasteiger partial charge in [0.2, 0.25) is 5.91 Å². The van der Waals surface area contributed by atoms with Gasteiger partial charge in [0, 0.05) is 30.6 Å². The van der Waals surface area contributed by atoms with E-state index in [1.165, 1.54) is 19.3 Å². The van der Waals surface area contributed by atoms with Gasteiger partial charge in [-0.15, -0.1) is 0 Å². The Bertz CT molecular complexity index is 617. The summed E-state index contributed by atoms with van der Waals surface area (Å²) in [5.41, 5.74) is 0.667. The lowest BCUT2D eigenvalue weighted by Crippen LogP contribution is -2.48. The lowest BCUT2D eigenvalue weighted by Gasteiger charge is -2.33. The summed E-state index contributed by atoms with van der Waals surface area (Å²) in [6, 6.07) is 7.57. The molecule has 2 fully saturated rings. The van der Waals surface area contributed by atoms with Crippen molar-refractivity contribution in [3.05, 3.63) is 29.8 Å². The van der Waals surface area contributed by atoms with E-state index in [0.29, 0.717) is 25.3 Å². The number of hydrogen-bond acceptors (Lipinski definition) is 3. The average molecular weight is 358 g/mol. The van der Waals surface area contributed by atoms with Gasteiger partial charge >= 0.3 is 0 Å². The third-order valence-corrected chi connectivity index (χ3v) is 5.50. The van der Waals surface area contributed by atoms with Crippen molar-refractivity contribution >= 4 is 11.8 Å². The Morgan fingerprint density at radius 2 is 1.85 bits per heavy atom. The molecule has 0 aromatic heterocycles. The van der Waals surface area contributed by atoms with E-state index in [1.807, 2.05) is 36.1 Å². The van der Waals surface area contributed by atoms with E-state index in [9.17, 15) is 9.59 Å². The van der Waals surface area contributed by atoms with Crippen molar-refractivity contribution in [3.63, 3.8) is 0 Å². The summed E-state index contributed by atoms with van der Waals surface area (Å²) >= 11 is 0. The van der Waals surface area contributed by atoms with Crippen LogP contribution in [0, 0.1) is 5.92 Å². The van der Waals surface area contributed by atoms with Gasteiger partial charge in [-0.05, 0) is 50.8 Å². The summed E-state index contributed by atoms with van der Waals surface area (Å²) in [6.07, 6.45) is 7.32. The first kappa shape index (κ1) is 18.7. The third kappa shape index (κ3) is 4.77. The van der Waals surface area contributed by atoms with E-state index in [2.05, 4.69) is 5.32 Å². The van der Waals surface area contributed by atoms with Crippen molar-refractivity contribution in [1.82, 2.24) is 10.2 Å². The van der Waals surface area contributed by atoms with E-state index in [0.717, 1.165) is 31.4 Å². The zero-order valence-electron chi connectivity index (χ0n) is 15.7. The average Bonchev–Trinajstić information content (AvgIpc) is 2.69. The Morgan fingerprint density at radius 1 is 1.12 bits per heavy atom. The normalized spacial score (nSPS) is 19.2. The number of likely N-dealkylation sites (tertiary alicyclic amines) is 1. The zero-order valence-corrected chi connectivity index (χ0v) is 15.7. The number of benzene rings is 1. The molecule has 0 atom stereocenters. The van der Waals surface area contributed by atoms with Crippen LogP contribution in [0.25, 0.3) is 0 Å². The monoisotopic (exact) mass is 358 g/mol. The Balaban J connectivity index is 1.49. The molecule has 1 heterocycles. The van der Waals surface area contributed by atoms with Gasteiger partial charge in [0.1, 0.15) is 5.75 Å². The van der Waals surface area contributed by atoms with Crippen LogP contribution in [0.2, 0.25) is 0 Å². The predicted molar refractivity (Wildman–Crippen MR) is 101 cm³/mol. The Hall–Kier alpha value is -2.04. The van der Waals surface area contributed by atoms with Gasteiger partial charge in [-0.2, -0.15) is 0 Å². The summed E-state index contributed by atoms with van der Waals surface area (Å²) in [5.74, 6) is 1.19. The Morgan fingerprint density at radius 3 is 2.54 bits per heavy atom. The maximum Gasteiger partial charge on any atom is 0.253 e. The first-order valence-corrected chi connectivity index (χ1v) is 10.00. The first-order chi connectivity index (χ1) is 12.7. The van der Waals surface area contributed by atoms with E-state index in [-0.39, 0.29) is 23.8 Å². The predicted octanol–water partition coefficient (Wildman–Crippen LogP) is 3.39. The van der Waals surface area contributed by atoms with Crippen LogP contribution < -0.4 is 10.1 Å². The number of ether oxygens (including phenoxy) is 1. The molecule has 1 aliphatic heterocycles. The molecule has 1 aromatic rings. The van der Waals surface area contributed by atoms with Gasteiger partial charge in [0.15, 0.2) is 0 Å². The summed E-state index contributed by atoms with van der Waals surface area (Å²) in [5, 5.41) is 3.22. The van der Waals surface area contributed by atoms with E-state index < -0.39 is 0 Å². The van der Waals surface area contributed by atoms with Crippen molar-refractivity contribution in [2.45, 2.75) is 57.9 Å². The number of nitrogens with zero attached hydrogens (tertiary/aromatic N) is 1. The van der Waals surface area contributed by atoms with Crippen LogP contribution in [-0.2, 0) is 4.79 Å². The van der Waals surface area contributed by atoms with E-state index in [1.54, 1.807) is 0 Å². The first-order valence-electron chi connectivity index (χ1n) is 10.00. The SMILES string of the molecule is CCOc1cccc(C(=O)N2CCC(NC(=O)C3CCCCC3)CC2)c1. The standard InChI is InChI=1S/C21H30N2O3/c1-2-26-19-10-6-9-17(15-19)21(25)23-13-11-18(12-14-23)22-20(24)16-7-4-3-5-8-16/h6,9-10,15-16,18H,2-5,7-8,11-14H2,1H3,(H,22,24). The molecule has 0 spiro atoms. The molecular weight excluding hydrogens is 328 g/mol. The van der Waals surface area contributed by atoms with Gasteiger partial charge in [-0.3, -0.25) is 9.59 Å². The highest BCUT2D eigenvalue weighted by atomic mass is 16.5. The number of amides is 2. The van der Waals surface area contributed by atoms with Crippen molar-refractivity contribution in [2.24, 2.45) is 5.92 Å². The van der Waals surface area contributed by atoms with E-state index in [4.69, 9.17) is 4.74 Å². The summed E-state index contributed by atoms with van der Waals surface area (Å²) < 4.78 is 5.48. The van der Waals surface area contributed by atoms with Crippen LogP contribution in [0.1, 0.15) is 62.2 Å². The highest BCUT2D eigenvalue weighted by Crippen LogP contribution is 2.24. The third-order valence-electron chi connectivity index (χ3n) is 5.50. The molecule has 3 rings (SSSR count). The van der Waals surface area contributed by atoms with Gasteiger partial charge in [0.05, 0.1) is 6.61 Å². The summed E-state index contributed by atoms with van der Waals surface area (Å²) in [7, 11) is 0. The van der Waals surface area contributed by atoms with Crippen molar-refractivity contribution in [2.75, 3.05) is 19.7 Å². The molecule has 0 unspecified atom stereocenters. The van der Waals surface area contributed by atoms with E-state index >= 15 is 0 Å². The smallest absolute Gasteiger partial charge is 0.253 e. The minimum absolute atomic E-state index is 0.0450. The number of carbonyl (C=O) groups is 2. The molecule has 142 valence electrons. The highest BCUT2D eigenvalue weighted by molar-refractivity contribution is 5.94. The van der Waals surface area contributed by atoms with Crippen LogP contribution in [0.5, 0.6) is 5.75 Å². The van der Waals surface area contributed by atoms with Crippen LogP contribution in [0.4, 0.5) is 0 Å². The maximum absolute atomic E-state index is 12.7. The number of hydrogen-bond donors (Lipinski definition) is 1. The van der Waals surface area contributed by atoms with Gasteiger partial charge in [0.25, 0.3) is 5.91 Å². The molecule has 1 N–H and O–H groups in total. The highest BCUT2D eigenvalue weighted by Gasteiger charge is 2.27. The molecule has 1 saturated carbocycles. The van der Waals surface area contributed by atoms with Crippen molar-refractivity contribution in [1.29, 1.82) is 0 Å². The molecule has 0 bridgehead atoms. The number of carbonyl (C=O) groups excluding carboxylic acids is 2. The van der Waals surface area contributed by atoms with Crippen LogP contribution in [0.3, 0.4) is 0 Å². The number of rotatable bonds is 5. The maximum atomic E-state index is 12.7. The summed E-state index contributed by atoms with van der Waals surface area (Å²) in [4.78, 5) is 27.0. The largest absolute Gasteiger partial charge is 0.494 e. The second-order valence-corrected chi connectivity index (χ2v) is 7.37. The fourth-order valence-corrected chi connectivity index (χ4v) is 3.98. The minimum atomic E-state index is 0.0450. The van der Waals surface area contributed by atoms with Gasteiger partial charge < -0.3 is 15.0 Å².